The van der Waals surface area contributed by atoms with Crippen LogP contribution in [0.25, 0.3) is 0 Å². The zero-order chi connectivity index (χ0) is 13.3. The second-order valence-electron chi connectivity index (χ2n) is 3.97. The van der Waals surface area contributed by atoms with Crippen molar-refractivity contribution < 1.29 is 9.18 Å². The molecule has 1 aromatic carbocycles. The second kappa shape index (κ2) is 4.48. The number of anilines is 2. The van der Waals surface area contributed by atoms with E-state index in [0.717, 1.165) is 0 Å². The van der Waals surface area contributed by atoms with Crippen molar-refractivity contribution in [2.45, 2.75) is 6.92 Å². The fraction of sp³-hybridized carbons (Fsp3) is 0.167. The lowest BCUT2D eigenvalue weighted by molar-refractivity contribution is 0.102. The van der Waals surface area contributed by atoms with Gasteiger partial charge in [-0.3, -0.25) is 9.48 Å². The van der Waals surface area contributed by atoms with Gasteiger partial charge in [-0.2, -0.15) is 5.10 Å². The Morgan fingerprint density at radius 1 is 1.50 bits per heavy atom. The molecule has 0 saturated heterocycles. The van der Waals surface area contributed by atoms with Crippen LogP contribution in [0.15, 0.2) is 24.4 Å². The molecule has 1 heterocycles. The Bertz CT molecular complexity index is 606. The normalized spacial score (nSPS) is 10.4. The summed E-state index contributed by atoms with van der Waals surface area (Å²) >= 11 is 0. The molecule has 1 amide bonds. The molecule has 1 aromatic heterocycles. The van der Waals surface area contributed by atoms with E-state index in [9.17, 15) is 9.18 Å². The first-order chi connectivity index (χ1) is 8.49. The number of nitrogen functional groups attached to an aromatic ring is 1. The summed E-state index contributed by atoms with van der Waals surface area (Å²) in [6.07, 6.45) is 1.54. The quantitative estimate of drug-likeness (QED) is 0.849. The number of carbonyl (C=O) groups is 1. The van der Waals surface area contributed by atoms with E-state index in [0.29, 0.717) is 11.3 Å². The number of nitrogens with zero attached hydrogens (tertiary/aromatic N) is 2. The third-order valence-electron chi connectivity index (χ3n) is 2.59. The zero-order valence-corrected chi connectivity index (χ0v) is 10.1. The van der Waals surface area contributed by atoms with E-state index in [1.807, 2.05) is 0 Å². The van der Waals surface area contributed by atoms with E-state index in [1.165, 1.54) is 23.0 Å². The minimum Gasteiger partial charge on any atom is -0.396 e. The van der Waals surface area contributed by atoms with Crippen molar-refractivity contribution in [1.29, 1.82) is 0 Å². The Hall–Kier alpha value is -2.37. The highest BCUT2D eigenvalue weighted by molar-refractivity contribution is 6.06. The van der Waals surface area contributed by atoms with Crippen LogP contribution in [0.2, 0.25) is 0 Å². The maximum atomic E-state index is 13.3. The van der Waals surface area contributed by atoms with Crippen LogP contribution in [0, 0.1) is 12.7 Å². The number of rotatable bonds is 2. The van der Waals surface area contributed by atoms with Crippen LogP contribution < -0.4 is 11.1 Å². The molecule has 0 saturated carbocycles. The lowest BCUT2D eigenvalue weighted by Gasteiger charge is -2.07. The predicted molar refractivity (Wildman–Crippen MR) is 66.7 cm³/mol. The Labute approximate surface area is 103 Å². The number of aryl methyl sites for hydroxylation is 1. The fourth-order valence-corrected chi connectivity index (χ4v) is 1.61. The average Bonchev–Trinajstić information content (AvgIpc) is 2.64. The molecular formula is C12H13FN4O. The summed E-state index contributed by atoms with van der Waals surface area (Å²) in [5, 5.41) is 6.53. The van der Waals surface area contributed by atoms with E-state index in [1.54, 1.807) is 20.0 Å². The van der Waals surface area contributed by atoms with Crippen molar-refractivity contribution in [3.63, 3.8) is 0 Å². The monoisotopic (exact) mass is 248 g/mol. The van der Waals surface area contributed by atoms with E-state index in [4.69, 9.17) is 5.73 Å². The van der Waals surface area contributed by atoms with Crippen LogP contribution in [0.5, 0.6) is 0 Å². The van der Waals surface area contributed by atoms with E-state index in [2.05, 4.69) is 10.4 Å². The molecule has 3 N–H and O–H groups in total. The van der Waals surface area contributed by atoms with Gasteiger partial charge in [-0.05, 0) is 19.1 Å². The lowest BCUT2D eigenvalue weighted by Crippen LogP contribution is -2.15. The first-order valence-corrected chi connectivity index (χ1v) is 5.34. The van der Waals surface area contributed by atoms with Crippen molar-refractivity contribution in [1.82, 2.24) is 9.78 Å². The van der Waals surface area contributed by atoms with Gasteiger partial charge < -0.3 is 11.1 Å². The van der Waals surface area contributed by atoms with Crippen LogP contribution >= 0.6 is 0 Å². The van der Waals surface area contributed by atoms with Gasteiger partial charge in [-0.25, -0.2) is 4.39 Å². The van der Waals surface area contributed by atoms with Crippen LogP contribution in [0.1, 0.15) is 16.1 Å². The topological polar surface area (TPSA) is 72.9 Å². The molecule has 0 bridgehead atoms. The summed E-state index contributed by atoms with van der Waals surface area (Å²) in [6.45, 7) is 1.59. The summed E-state index contributed by atoms with van der Waals surface area (Å²) < 4.78 is 14.8. The number of benzene rings is 1. The van der Waals surface area contributed by atoms with Crippen molar-refractivity contribution >= 4 is 17.3 Å². The molecule has 0 aliphatic heterocycles. The van der Waals surface area contributed by atoms with Gasteiger partial charge in [-0.15, -0.1) is 0 Å². The Morgan fingerprint density at radius 2 is 2.22 bits per heavy atom. The van der Waals surface area contributed by atoms with Gasteiger partial charge in [-0.1, -0.05) is 6.07 Å². The Kier molecular flexibility index (Phi) is 3.01. The molecule has 0 atom stereocenters. The number of aromatic nitrogens is 2. The molecule has 0 spiro atoms. The number of carbonyl (C=O) groups excluding carboxylic acids is 1. The van der Waals surface area contributed by atoms with Crippen molar-refractivity contribution in [3.05, 3.63) is 41.5 Å². The van der Waals surface area contributed by atoms with E-state index >= 15 is 0 Å². The molecule has 94 valence electrons. The highest BCUT2D eigenvalue weighted by atomic mass is 19.1. The Morgan fingerprint density at radius 3 is 2.83 bits per heavy atom. The molecule has 0 aliphatic carbocycles. The maximum Gasteiger partial charge on any atom is 0.278 e. The van der Waals surface area contributed by atoms with Crippen LogP contribution in [0.4, 0.5) is 15.8 Å². The van der Waals surface area contributed by atoms with Gasteiger partial charge in [0, 0.05) is 24.5 Å². The van der Waals surface area contributed by atoms with Crippen molar-refractivity contribution in [2.75, 3.05) is 11.1 Å². The van der Waals surface area contributed by atoms with Crippen molar-refractivity contribution in [2.24, 2.45) is 7.05 Å². The summed E-state index contributed by atoms with van der Waals surface area (Å²) in [7, 11) is 1.67. The van der Waals surface area contributed by atoms with Gasteiger partial charge in [0.1, 0.15) is 5.82 Å². The summed E-state index contributed by atoms with van der Waals surface area (Å²) in [6, 6.07) is 4.48. The SMILES string of the molecule is Cc1c(F)cccc1NC(=O)c1nn(C)cc1N. The minimum atomic E-state index is -0.457. The van der Waals surface area contributed by atoms with Crippen LogP contribution in [-0.4, -0.2) is 15.7 Å². The fourth-order valence-electron chi connectivity index (χ4n) is 1.61. The Balaban J connectivity index is 2.27. The van der Waals surface area contributed by atoms with Gasteiger partial charge in [0.15, 0.2) is 5.69 Å². The third-order valence-corrected chi connectivity index (χ3v) is 2.59. The highest BCUT2D eigenvalue weighted by Gasteiger charge is 2.15. The van der Waals surface area contributed by atoms with Crippen LogP contribution in [0.3, 0.4) is 0 Å². The van der Waals surface area contributed by atoms with E-state index in [-0.39, 0.29) is 17.2 Å². The number of nitrogens with two attached hydrogens (primary N) is 1. The molecule has 0 aliphatic rings. The molecule has 18 heavy (non-hydrogen) atoms. The van der Waals surface area contributed by atoms with Gasteiger partial charge >= 0.3 is 0 Å². The number of halogens is 1. The number of hydrogen-bond acceptors (Lipinski definition) is 3. The molecule has 6 heteroatoms. The summed E-state index contributed by atoms with van der Waals surface area (Å²) in [5.74, 6) is -0.830. The molecule has 2 rings (SSSR count). The van der Waals surface area contributed by atoms with Crippen LogP contribution in [-0.2, 0) is 7.05 Å². The second-order valence-corrected chi connectivity index (χ2v) is 3.97. The largest absolute Gasteiger partial charge is 0.396 e. The highest BCUT2D eigenvalue weighted by Crippen LogP contribution is 2.19. The first kappa shape index (κ1) is 12.1. The van der Waals surface area contributed by atoms with Gasteiger partial charge in [0.05, 0.1) is 5.69 Å². The maximum absolute atomic E-state index is 13.3. The third kappa shape index (κ3) is 2.17. The molecule has 0 fully saturated rings. The summed E-state index contributed by atoms with van der Waals surface area (Å²) in [5.41, 5.74) is 6.84. The average molecular weight is 248 g/mol. The molecule has 0 radical (unpaired) electrons. The number of hydrogen-bond donors (Lipinski definition) is 2. The number of amides is 1. The van der Waals surface area contributed by atoms with Crippen molar-refractivity contribution in [3.8, 4) is 0 Å². The molecule has 5 nitrogen and oxygen atoms in total. The lowest BCUT2D eigenvalue weighted by atomic mass is 10.2. The number of nitrogens with one attached hydrogen (secondary N) is 1. The zero-order valence-electron chi connectivity index (χ0n) is 10.1. The first-order valence-electron chi connectivity index (χ1n) is 5.34. The predicted octanol–water partition coefficient (Wildman–Crippen LogP) is 1.70. The van der Waals surface area contributed by atoms with E-state index < -0.39 is 5.91 Å². The van der Waals surface area contributed by atoms with Gasteiger partial charge in [0.2, 0.25) is 0 Å². The van der Waals surface area contributed by atoms with Gasteiger partial charge in [0.25, 0.3) is 5.91 Å². The summed E-state index contributed by atoms with van der Waals surface area (Å²) in [4.78, 5) is 11.9. The standard InChI is InChI=1S/C12H13FN4O/c1-7-8(13)4-3-5-10(7)15-12(18)11-9(14)6-17(2)16-11/h3-6H,14H2,1-2H3,(H,15,18). The minimum absolute atomic E-state index is 0.126. The molecular weight excluding hydrogens is 235 g/mol. The molecule has 2 aromatic rings. The molecule has 0 unspecified atom stereocenters. The smallest absolute Gasteiger partial charge is 0.278 e.